The van der Waals surface area contributed by atoms with Gasteiger partial charge in [0.1, 0.15) is 0 Å². The molecule has 0 heterocycles. The van der Waals surface area contributed by atoms with Crippen molar-refractivity contribution in [2.24, 2.45) is 17.8 Å². The van der Waals surface area contributed by atoms with E-state index in [0.29, 0.717) is 11.8 Å². The lowest BCUT2D eigenvalue weighted by Gasteiger charge is -2.28. The molecule has 0 atom stereocenters. The van der Waals surface area contributed by atoms with E-state index in [1.54, 1.807) is 6.08 Å². The number of rotatable bonds is 4. The largest absolute Gasteiger partial charge is 0.193 e. The van der Waals surface area contributed by atoms with Gasteiger partial charge in [-0.1, -0.05) is 30.4 Å². The number of hydrogen-bond acceptors (Lipinski definition) is 2. The lowest BCUT2D eigenvalue weighted by Crippen LogP contribution is -2.14. The van der Waals surface area contributed by atoms with E-state index in [9.17, 15) is 0 Å². The highest BCUT2D eigenvalue weighted by atomic mass is 14.3. The van der Waals surface area contributed by atoms with Crippen molar-refractivity contribution in [3.63, 3.8) is 0 Å². The van der Waals surface area contributed by atoms with E-state index < -0.39 is 0 Å². The summed E-state index contributed by atoms with van der Waals surface area (Å²) in [7, 11) is 0. The summed E-state index contributed by atoms with van der Waals surface area (Å²) in [6.45, 7) is 0. The Morgan fingerprint density at radius 2 is 1.19 bits per heavy atom. The van der Waals surface area contributed by atoms with Gasteiger partial charge in [0.25, 0.3) is 0 Å². The Labute approximate surface area is 157 Å². The maximum absolute atomic E-state index is 8.92. The van der Waals surface area contributed by atoms with Gasteiger partial charge in [-0.2, -0.15) is 10.5 Å². The Morgan fingerprint density at radius 3 is 1.69 bits per heavy atom. The zero-order valence-electron chi connectivity index (χ0n) is 15.5. The van der Waals surface area contributed by atoms with Crippen LogP contribution in [-0.2, 0) is 0 Å². The second-order valence-corrected chi connectivity index (χ2v) is 7.89. The zero-order chi connectivity index (χ0) is 18.2. The van der Waals surface area contributed by atoms with Gasteiger partial charge in [-0.3, -0.25) is 0 Å². The highest BCUT2D eigenvalue weighted by Gasteiger charge is 2.22. The molecule has 0 unspecified atom stereocenters. The minimum Gasteiger partial charge on any atom is -0.193 e. The highest BCUT2D eigenvalue weighted by Crippen LogP contribution is 2.37. The standard InChI is InChI=1S/C24H28N2/c25-17-1-2-19-3-5-20(6-4-19)7-8-21-9-13-23(14-10-21)24-15-11-22(18-26)12-16-24/h1-2,7-8,11-12,15-16,19-21,23H,3-6,9-10,13-14H2/b2-1?,8-7+. The third kappa shape index (κ3) is 5.09. The van der Waals surface area contributed by atoms with Crippen molar-refractivity contribution in [1.29, 1.82) is 10.5 Å². The van der Waals surface area contributed by atoms with Crippen molar-refractivity contribution in [1.82, 2.24) is 0 Å². The molecule has 0 aromatic heterocycles. The van der Waals surface area contributed by atoms with Crippen molar-refractivity contribution < 1.29 is 0 Å². The predicted octanol–water partition coefficient (Wildman–Crippen LogP) is 6.27. The van der Waals surface area contributed by atoms with Crippen molar-refractivity contribution in [3.8, 4) is 12.1 Å². The summed E-state index contributed by atoms with van der Waals surface area (Å²) in [5, 5.41) is 17.6. The Kier molecular flexibility index (Phi) is 6.68. The molecule has 0 aliphatic heterocycles. The van der Waals surface area contributed by atoms with E-state index in [1.807, 2.05) is 12.1 Å². The van der Waals surface area contributed by atoms with E-state index in [0.717, 1.165) is 17.4 Å². The first-order valence-electron chi connectivity index (χ1n) is 10.0. The van der Waals surface area contributed by atoms with Crippen molar-refractivity contribution in [3.05, 3.63) is 59.7 Å². The minimum atomic E-state index is 0.613. The van der Waals surface area contributed by atoms with Crippen LogP contribution in [0.2, 0.25) is 0 Å². The minimum absolute atomic E-state index is 0.613. The van der Waals surface area contributed by atoms with Gasteiger partial charge in [0.15, 0.2) is 0 Å². The summed E-state index contributed by atoms with van der Waals surface area (Å²) >= 11 is 0. The first kappa shape index (κ1) is 18.5. The maximum Gasteiger partial charge on any atom is 0.0991 e. The Bertz CT molecular complexity index is 698. The number of hydrogen-bond donors (Lipinski definition) is 0. The molecule has 0 saturated heterocycles. The van der Waals surface area contributed by atoms with Crippen LogP contribution >= 0.6 is 0 Å². The zero-order valence-corrected chi connectivity index (χ0v) is 15.5. The van der Waals surface area contributed by atoms with Crippen LogP contribution in [0, 0.1) is 40.4 Å². The molecule has 2 nitrogen and oxygen atoms in total. The van der Waals surface area contributed by atoms with Crippen LogP contribution in [0.25, 0.3) is 0 Å². The molecule has 0 N–H and O–H groups in total. The lowest BCUT2D eigenvalue weighted by molar-refractivity contribution is 0.348. The summed E-state index contributed by atoms with van der Waals surface area (Å²) in [6, 6.07) is 12.5. The molecule has 0 spiro atoms. The molecule has 2 aliphatic carbocycles. The second-order valence-electron chi connectivity index (χ2n) is 7.89. The lowest BCUT2D eigenvalue weighted by atomic mass is 9.77. The quantitative estimate of drug-likeness (QED) is 0.477. The molecule has 1 aromatic rings. The summed E-state index contributed by atoms with van der Waals surface area (Å²) in [4.78, 5) is 0. The SMILES string of the molecule is N#CC=CC1CCC(/C=C/C2CCC(c3ccc(C#N)cc3)CC2)CC1. The molecule has 1 aromatic carbocycles. The summed E-state index contributed by atoms with van der Waals surface area (Å²) < 4.78 is 0. The van der Waals surface area contributed by atoms with E-state index >= 15 is 0 Å². The molecule has 2 heteroatoms. The first-order valence-corrected chi connectivity index (χ1v) is 10.0. The molecule has 2 aliphatic rings. The van der Waals surface area contributed by atoms with Crippen molar-refractivity contribution in [2.75, 3.05) is 0 Å². The molecule has 0 radical (unpaired) electrons. The average Bonchev–Trinajstić information content (AvgIpc) is 2.72. The fourth-order valence-electron chi connectivity index (χ4n) is 4.50. The average molecular weight is 345 g/mol. The molecule has 3 rings (SSSR count). The Hall–Kier alpha value is -2.32. The van der Waals surface area contributed by atoms with Gasteiger partial charge in [-0.25, -0.2) is 0 Å². The molecule has 0 bridgehead atoms. The van der Waals surface area contributed by atoms with Gasteiger partial charge in [-0.05, 0) is 92.7 Å². The number of benzene rings is 1. The van der Waals surface area contributed by atoms with Gasteiger partial charge in [0.2, 0.25) is 0 Å². The number of nitriles is 2. The summed E-state index contributed by atoms with van der Waals surface area (Å²) in [5.74, 6) is 2.75. The van der Waals surface area contributed by atoms with Gasteiger partial charge >= 0.3 is 0 Å². The summed E-state index contributed by atoms with van der Waals surface area (Å²) in [5.41, 5.74) is 2.15. The first-order chi connectivity index (χ1) is 12.8. The smallest absolute Gasteiger partial charge is 0.0991 e. The van der Waals surface area contributed by atoms with Crippen LogP contribution in [0.3, 0.4) is 0 Å². The third-order valence-corrected chi connectivity index (χ3v) is 6.20. The molecule has 26 heavy (non-hydrogen) atoms. The summed E-state index contributed by atoms with van der Waals surface area (Å²) in [6.07, 6.45) is 18.7. The van der Waals surface area contributed by atoms with E-state index in [1.165, 1.54) is 56.9 Å². The van der Waals surface area contributed by atoms with Crippen LogP contribution in [0.5, 0.6) is 0 Å². The van der Waals surface area contributed by atoms with E-state index in [-0.39, 0.29) is 0 Å². The fraction of sp³-hybridized carbons (Fsp3) is 0.500. The van der Waals surface area contributed by atoms with Gasteiger partial charge < -0.3 is 0 Å². The topological polar surface area (TPSA) is 47.6 Å². The predicted molar refractivity (Wildman–Crippen MR) is 105 cm³/mol. The van der Waals surface area contributed by atoms with Gasteiger partial charge in [-0.15, -0.1) is 0 Å². The van der Waals surface area contributed by atoms with Gasteiger partial charge in [0, 0.05) is 6.08 Å². The van der Waals surface area contributed by atoms with Crippen LogP contribution in [0.1, 0.15) is 68.4 Å². The monoisotopic (exact) mass is 344 g/mol. The highest BCUT2D eigenvalue weighted by molar-refractivity contribution is 5.33. The van der Waals surface area contributed by atoms with Crippen LogP contribution in [0.4, 0.5) is 0 Å². The van der Waals surface area contributed by atoms with Crippen LogP contribution < -0.4 is 0 Å². The molecule has 2 fully saturated rings. The molecule has 0 amide bonds. The van der Waals surface area contributed by atoms with Gasteiger partial charge in [0.05, 0.1) is 17.7 Å². The molecular formula is C24H28N2. The Morgan fingerprint density at radius 1 is 0.692 bits per heavy atom. The molecule has 2 saturated carbocycles. The Balaban J connectivity index is 1.42. The van der Waals surface area contributed by atoms with Crippen molar-refractivity contribution in [2.45, 2.75) is 57.3 Å². The van der Waals surface area contributed by atoms with E-state index in [2.05, 4.69) is 42.5 Å². The second kappa shape index (κ2) is 9.40. The van der Waals surface area contributed by atoms with Crippen LogP contribution in [-0.4, -0.2) is 0 Å². The third-order valence-electron chi connectivity index (χ3n) is 6.20. The number of nitrogens with zero attached hydrogens (tertiary/aromatic N) is 2. The molecule has 134 valence electrons. The molecular weight excluding hydrogens is 316 g/mol. The van der Waals surface area contributed by atoms with E-state index in [4.69, 9.17) is 10.5 Å². The van der Waals surface area contributed by atoms with Crippen molar-refractivity contribution >= 4 is 0 Å². The normalized spacial score (nSPS) is 29.5. The maximum atomic E-state index is 8.92. The number of allylic oxidation sites excluding steroid dienone is 4. The van der Waals surface area contributed by atoms with Crippen LogP contribution in [0.15, 0.2) is 48.6 Å². The fourth-order valence-corrected chi connectivity index (χ4v) is 4.50.